The smallest absolute Gasteiger partial charge is 0.270 e. The third-order valence-corrected chi connectivity index (χ3v) is 7.75. The van der Waals surface area contributed by atoms with E-state index < -0.39 is 15.9 Å². The predicted octanol–water partition coefficient (Wildman–Crippen LogP) is 1.87. The van der Waals surface area contributed by atoms with Gasteiger partial charge in [0.25, 0.3) is 5.91 Å². The summed E-state index contributed by atoms with van der Waals surface area (Å²) >= 11 is 0. The number of hydrogen-bond donors (Lipinski definition) is 2. The summed E-state index contributed by atoms with van der Waals surface area (Å²) in [6.07, 6.45) is 4.52. The minimum Gasteiger partial charge on any atom is -0.465 e. The normalized spacial score (nSPS) is 20.2. The lowest BCUT2D eigenvalue weighted by Crippen LogP contribution is -2.45. The number of carbonyl (C=O) groups excluding carboxylic acids is 2. The van der Waals surface area contributed by atoms with Crippen molar-refractivity contribution in [1.82, 2.24) is 19.5 Å². The van der Waals surface area contributed by atoms with Crippen molar-refractivity contribution in [2.75, 3.05) is 26.2 Å². The second-order valence-corrected chi connectivity index (χ2v) is 10.1. The highest BCUT2D eigenvalue weighted by molar-refractivity contribution is 7.89. The number of likely N-dealkylation sites (tertiary alicyclic amines) is 1. The summed E-state index contributed by atoms with van der Waals surface area (Å²) < 4.78 is 33.1. The second-order valence-electron chi connectivity index (χ2n) is 8.18. The molecule has 0 radical (unpaired) electrons. The van der Waals surface area contributed by atoms with Crippen LogP contribution in [0.3, 0.4) is 0 Å². The molecule has 2 saturated heterocycles. The van der Waals surface area contributed by atoms with Crippen LogP contribution in [0.4, 0.5) is 0 Å². The minimum atomic E-state index is -3.80. The van der Waals surface area contributed by atoms with Crippen molar-refractivity contribution in [3.63, 3.8) is 0 Å². The van der Waals surface area contributed by atoms with Gasteiger partial charge in [0.2, 0.25) is 15.9 Å². The van der Waals surface area contributed by atoms with Crippen molar-refractivity contribution in [1.29, 1.82) is 0 Å². The van der Waals surface area contributed by atoms with Crippen LogP contribution in [0.25, 0.3) is 0 Å². The van der Waals surface area contributed by atoms with Gasteiger partial charge < -0.3 is 19.6 Å². The molecule has 4 rings (SSSR count). The lowest BCUT2D eigenvalue weighted by Gasteiger charge is -2.30. The molecule has 2 aromatic rings. The third-order valence-electron chi connectivity index (χ3n) is 5.91. The van der Waals surface area contributed by atoms with E-state index in [1.54, 1.807) is 11.0 Å². The van der Waals surface area contributed by atoms with E-state index in [4.69, 9.17) is 4.42 Å². The monoisotopic (exact) mass is 448 g/mol. The Morgan fingerprint density at radius 2 is 1.97 bits per heavy atom. The average Bonchev–Trinajstić information content (AvgIpc) is 3.53. The van der Waals surface area contributed by atoms with Crippen molar-refractivity contribution >= 4 is 21.8 Å². The Labute approximate surface area is 181 Å². The van der Waals surface area contributed by atoms with E-state index >= 15 is 0 Å². The molecule has 9 nitrogen and oxygen atoms in total. The number of furan rings is 1. The van der Waals surface area contributed by atoms with E-state index in [1.807, 2.05) is 13.0 Å². The fourth-order valence-electron chi connectivity index (χ4n) is 4.16. The van der Waals surface area contributed by atoms with Gasteiger partial charge in [0, 0.05) is 32.4 Å². The summed E-state index contributed by atoms with van der Waals surface area (Å²) in [6, 6.07) is 5.04. The van der Waals surface area contributed by atoms with E-state index in [0.29, 0.717) is 38.2 Å². The number of hydrogen-bond acceptors (Lipinski definition) is 5. The van der Waals surface area contributed by atoms with E-state index in [0.717, 1.165) is 18.6 Å². The lowest BCUT2D eigenvalue weighted by atomic mass is 9.99. The molecule has 2 fully saturated rings. The number of rotatable bonds is 6. The zero-order valence-electron chi connectivity index (χ0n) is 17.6. The first-order chi connectivity index (χ1) is 14.8. The van der Waals surface area contributed by atoms with E-state index in [-0.39, 0.29) is 35.5 Å². The molecule has 2 N–H and O–H groups in total. The molecular weight excluding hydrogens is 420 g/mol. The van der Waals surface area contributed by atoms with Crippen LogP contribution in [-0.4, -0.2) is 60.6 Å². The molecule has 10 heteroatoms. The van der Waals surface area contributed by atoms with E-state index in [9.17, 15) is 18.0 Å². The van der Waals surface area contributed by atoms with Crippen molar-refractivity contribution in [2.45, 2.75) is 44.0 Å². The van der Waals surface area contributed by atoms with Crippen LogP contribution in [0.15, 0.2) is 33.7 Å². The first kappa shape index (κ1) is 21.6. The highest BCUT2D eigenvalue weighted by Crippen LogP contribution is 2.25. The molecular formula is C21H28N4O5S. The standard InChI is InChI=1S/C21H28N4O5S/c1-15-6-7-17(30-15)12-23-20(26)16-5-4-10-25(14-16)31(28,29)18-11-19(22-13-18)21(27)24-8-2-3-9-24/h6-7,11,13,16,22H,2-5,8-10,12,14H2,1H3,(H,23,26). The molecule has 168 valence electrons. The van der Waals surface area contributed by atoms with Crippen molar-refractivity contribution in [3.05, 3.63) is 41.6 Å². The Bertz CT molecular complexity index is 1050. The molecule has 0 bridgehead atoms. The zero-order valence-corrected chi connectivity index (χ0v) is 18.4. The zero-order chi connectivity index (χ0) is 22.0. The maximum Gasteiger partial charge on any atom is 0.270 e. The number of H-pyrrole nitrogens is 1. The van der Waals surface area contributed by atoms with Crippen molar-refractivity contribution < 1.29 is 22.4 Å². The number of aromatic nitrogens is 1. The molecule has 4 heterocycles. The molecule has 0 saturated carbocycles. The number of aromatic amines is 1. The molecule has 0 spiro atoms. The molecule has 2 aliphatic rings. The van der Waals surface area contributed by atoms with Crippen LogP contribution in [0.5, 0.6) is 0 Å². The predicted molar refractivity (Wildman–Crippen MR) is 113 cm³/mol. The van der Waals surface area contributed by atoms with Gasteiger partial charge in [-0.1, -0.05) is 0 Å². The minimum absolute atomic E-state index is 0.0576. The van der Waals surface area contributed by atoms with Gasteiger partial charge in [-0.15, -0.1) is 0 Å². The van der Waals surface area contributed by atoms with Gasteiger partial charge >= 0.3 is 0 Å². The summed E-state index contributed by atoms with van der Waals surface area (Å²) in [5.74, 6) is 0.641. The van der Waals surface area contributed by atoms with Crippen LogP contribution < -0.4 is 5.32 Å². The summed E-state index contributed by atoms with van der Waals surface area (Å²) in [5.41, 5.74) is 0.278. The molecule has 0 aliphatic carbocycles. The van der Waals surface area contributed by atoms with Gasteiger partial charge in [0.15, 0.2) is 0 Å². The number of aryl methyl sites for hydroxylation is 1. The van der Waals surface area contributed by atoms with Gasteiger partial charge in [0.05, 0.1) is 12.5 Å². The van der Waals surface area contributed by atoms with E-state index in [1.165, 1.54) is 16.6 Å². The van der Waals surface area contributed by atoms with Crippen LogP contribution in [-0.2, 0) is 21.4 Å². The van der Waals surface area contributed by atoms with Gasteiger partial charge in [-0.05, 0) is 50.8 Å². The number of carbonyl (C=O) groups is 2. The molecule has 2 amide bonds. The summed E-state index contributed by atoms with van der Waals surface area (Å²) in [5, 5.41) is 2.83. The number of amides is 2. The Hall–Kier alpha value is -2.59. The van der Waals surface area contributed by atoms with Gasteiger partial charge in [0.1, 0.15) is 22.1 Å². The first-order valence-corrected chi connectivity index (χ1v) is 12.1. The SMILES string of the molecule is Cc1ccc(CNC(=O)C2CCCN(S(=O)(=O)c3c[nH]c(C(=O)N4CCCC4)c3)C2)o1. The van der Waals surface area contributed by atoms with Crippen molar-refractivity contribution in [2.24, 2.45) is 5.92 Å². The van der Waals surface area contributed by atoms with Crippen LogP contribution in [0.1, 0.15) is 47.7 Å². The number of piperidine rings is 1. The Morgan fingerprint density at radius 3 is 2.68 bits per heavy atom. The Balaban J connectivity index is 1.40. The number of nitrogens with zero attached hydrogens (tertiary/aromatic N) is 2. The molecule has 31 heavy (non-hydrogen) atoms. The van der Waals surface area contributed by atoms with Crippen LogP contribution >= 0.6 is 0 Å². The maximum atomic E-state index is 13.1. The Morgan fingerprint density at radius 1 is 1.19 bits per heavy atom. The van der Waals surface area contributed by atoms with Gasteiger partial charge in [-0.3, -0.25) is 9.59 Å². The largest absolute Gasteiger partial charge is 0.465 e. The van der Waals surface area contributed by atoms with Crippen molar-refractivity contribution in [3.8, 4) is 0 Å². The highest BCUT2D eigenvalue weighted by Gasteiger charge is 2.34. The third kappa shape index (κ3) is 4.69. The number of sulfonamides is 1. The second kappa shape index (κ2) is 8.88. The lowest BCUT2D eigenvalue weighted by molar-refractivity contribution is -0.126. The molecule has 1 atom stereocenters. The molecule has 1 unspecified atom stereocenters. The fraction of sp³-hybridized carbons (Fsp3) is 0.524. The topological polar surface area (TPSA) is 116 Å². The Kier molecular flexibility index (Phi) is 6.19. The van der Waals surface area contributed by atoms with Crippen LogP contribution in [0.2, 0.25) is 0 Å². The maximum absolute atomic E-state index is 13.1. The summed E-state index contributed by atoms with van der Waals surface area (Å²) in [4.78, 5) is 29.7. The average molecular weight is 449 g/mol. The van der Waals surface area contributed by atoms with E-state index in [2.05, 4.69) is 10.3 Å². The van der Waals surface area contributed by atoms with Gasteiger partial charge in [-0.25, -0.2) is 8.42 Å². The quantitative estimate of drug-likeness (QED) is 0.700. The first-order valence-electron chi connectivity index (χ1n) is 10.7. The molecule has 2 aliphatic heterocycles. The molecule has 2 aromatic heterocycles. The molecule has 0 aromatic carbocycles. The number of nitrogens with one attached hydrogen (secondary N) is 2. The summed E-state index contributed by atoms with van der Waals surface area (Å²) in [6.45, 7) is 3.97. The van der Waals surface area contributed by atoms with Gasteiger partial charge in [-0.2, -0.15) is 4.31 Å². The fourth-order valence-corrected chi connectivity index (χ4v) is 5.68. The van der Waals surface area contributed by atoms with Crippen LogP contribution in [0, 0.1) is 12.8 Å². The highest BCUT2D eigenvalue weighted by atomic mass is 32.2. The summed E-state index contributed by atoms with van der Waals surface area (Å²) in [7, 11) is -3.80.